The number of ether oxygens (including phenoxy) is 2. The molecule has 3 aliphatic rings. The fraction of sp³-hybridized carbons (Fsp3) is 0.636. The number of alkyl halides is 3. The summed E-state index contributed by atoms with van der Waals surface area (Å²) in [5, 5.41) is 0. The number of rotatable bonds is 5. The molecule has 176 valence electrons. The summed E-state index contributed by atoms with van der Waals surface area (Å²) in [6.45, 7) is 6.06. The first kappa shape index (κ1) is 22.8. The number of piperidine rings is 1. The van der Waals surface area contributed by atoms with Crippen molar-refractivity contribution < 1.29 is 32.2 Å². The Morgan fingerprint density at radius 3 is 2.47 bits per heavy atom. The van der Waals surface area contributed by atoms with Crippen molar-refractivity contribution in [2.45, 2.75) is 44.5 Å². The van der Waals surface area contributed by atoms with Gasteiger partial charge in [-0.2, -0.15) is 0 Å². The fourth-order valence-electron chi connectivity index (χ4n) is 5.08. The highest BCUT2D eigenvalue weighted by molar-refractivity contribution is 6.23. The first-order valence-corrected chi connectivity index (χ1v) is 11.1. The number of hydrogen-bond donors (Lipinski definition) is 0. The van der Waals surface area contributed by atoms with E-state index in [2.05, 4.69) is 9.64 Å². The number of nitrogens with zero attached hydrogens (tertiary/aromatic N) is 3. The summed E-state index contributed by atoms with van der Waals surface area (Å²) in [6.07, 6.45) is -1.78. The molecule has 0 saturated carbocycles. The highest BCUT2D eigenvalue weighted by Gasteiger charge is 2.58. The standard InChI is InChI=1S/C22H28F3N3O4/c1-2-27-20(30)28(17-4-3-5-18(14-17)32-22(23,24)25)19(29)21(27)8-10-26(11-9-21)15-16-6-12-31-13-7-16/h3-5,14,16H,2,6-13,15H2,1H3. The number of hydrogen-bond acceptors (Lipinski definition) is 5. The van der Waals surface area contributed by atoms with Crippen LogP contribution in [0.25, 0.3) is 0 Å². The minimum atomic E-state index is -4.86. The summed E-state index contributed by atoms with van der Waals surface area (Å²) in [7, 11) is 0. The Balaban J connectivity index is 1.51. The van der Waals surface area contributed by atoms with E-state index in [9.17, 15) is 22.8 Å². The second-order valence-corrected chi connectivity index (χ2v) is 8.60. The molecule has 0 bridgehead atoms. The van der Waals surface area contributed by atoms with Gasteiger partial charge in [0.05, 0.1) is 5.69 Å². The Kier molecular flexibility index (Phi) is 6.35. The summed E-state index contributed by atoms with van der Waals surface area (Å²) in [4.78, 5) is 31.6. The molecule has 0 atom stereocenters. The van der Waals surface area contributed by atoms with E-state index in [4.69, 9.17) is 4.74 Å². The van der Waals surface area contributed by atoms with Crippen LogP contribution >= 0.6 is 0 Å². The van der Waals surface area contributed by atoms with E-state index in [0.29, 0.717) is 38.4 Å². The van der Waals surface area contributed by atoms with E-state index >= 15 is 0 Å². The zero-order valence-corrected chi connectivity index (χ0v) is 18.1. The molecule has 3 heterocycles. The van der Waals surface area contributed by atoms with Crippen molar-refractivity contribution in [3.05, 3.63) is 24.3 Å². The molecule has 0 radical (unpaired) electrons. The molecule has 7 nitrogen and oxygen atoms in total. The van der Waals surface area contributed by atoms with Crippen molar-refractivity contribution >= 4 is 17.6 Å². The molecule has 0 N–H and O–H groups in total. The lowest BCUT2D eigenvalue weighted by molar-refractivity contribution is -0.274. The first-order chi connectivity index (χ1) is 15.2. The van der Waals surface area contributed by atoms with Gasteiger partial charge >= 0.3 is 12.4 Å². The van der Waals surface area contributed by atoms with E-state index < -0.39 is 23.7 Å². The molecular formula is C22H28F3N3O4. The molecular weight excluding hydrogens is 427 g/mol. The van der Waals surface area contributed by atoms with Gasteiger partial charge in [0.2, 0.25) is 0 Å². The minimum Gasteiger partial charge on any atom is -0.406 e. The number of benzene rings is 1. The molecule has 3 aliphatic heterocycles. The molecule has 1 aromatic rings. The normalized spacial score (nSPS) is 22.8. The van der Waals surface area contributed by atoms with E-state index in [1.807, 2.05) is 6.92 Å². The van der Waals surface area contributed by atoms with Gasteiger partial charge in [-0.25, -0.2) is 9.69 Å². The van der Waals surface area contributed by atoms with Crippen LogP contribution in [-0.4, -0.2) is 73.0 Å². The van der Waals surface area contributed by atoms with Gasteiger partial charge in [0.1, 0.15) is 11.3 Å². The lowest BCUT2D eigenvalue weighted by Gasteiger charge is -2.43. The Hall–Kier alpha value is -2.33. The van der Waals surface area contributed by atoms with Crippen molar-refractivity contribution in [1.82, 2.24) is 9.80 Å². The van der Waals surface area contributed by atoms with Crippen LogP contribution < -0.4 is 9.64 Å². The third kappa shape index (κ3) is 4.43. The highest BCUT2D eigenvalue weighted by Crippen LogP contribution is 2.40. The topological polar surface area (TPSA) is 62.3 Å². The number of urea groups is 1. The average Bonchev–Trinajstić information content (AvgIpc) is 2.95. The lowest BCUT2D eigenvalue weighted by Crippen LogP contribution is -2.57. The summed E-state index contributed by atoms with van der Waals surface area (Å²) in [5.41, 5.74) is -0.875. The maximum absolute atomic E-state index is 13.5. The number of carbonyl (C=O) groups excluding carboxylic acids is 2. The molecule has 1 spiro atoms. The van der Waals surface area contributed by atoms with Gasteiger partial charge in [-0.05, 0) is 50.7 Å². The average molecular weight is 455 g/mol. The zero-order chi connectivity index (χ0) is 22.9. The predicted molar refractivity (Wildman–Crippen MR) is 110 cm³/mol. The number of amides is 3. The van der Waals surface area contributed by atoms with E-state index in [0.717, 1.165) is 49.6 Å². The smallest absolute Gasteiger partial charge is 0.406 e. The van der Waals surface area contributed by atoms with Crippen LogP contribution in [-0.2, 0) is 9.53 Å². The Labute approximate surface area is 185 Å². The number of halogens is 3. The van der Waals surface area contributed by atoms with E-state index in [1.165, 1.54) is 12.1 Å². The fourth-order valence-corrected chi connectivity index (χ4v) is 5.08. The van der Waals surface area contributed by atoms with Crippen molar-refractivity contribution in [3.63, 3.8) is 0 Å². The molecule has 3 amide bonds. The Bertz CT molecular complexity index is 849. The van der Waals surface area contributed by atoms with Crippen LogP contribution in [0.3, 0.4) is 0 Å². The molecule has 4 rings (SSSR count). The Morgan fingerprint density at radius 1 is 1.16 bits per heavy atom. The zero-order valence-electron chi connectivity index (χ0n) is 18.1. The largest absolute Gasteiger partial charge is 0.573 e. The number of likely N-dealkylation sites (N-methyl/N-ethyl adjacent to an activating group) is 1. The molecule has 1 aromatic carbocycles. The number of carbonyl (C=O) groups is 2. The van der Waals surface area contributed by atoms with Crippen LogP contribution in [0.4, 0.5) is 23.7 Å². The first-order valence-electron chi connectivity index (χ1n) is 11.1. The predicted octanol–water partition coefficient (Wildman–Crippen LogP) is 3.63. The summed E-state index contributed by atoms with van der Waals surface area (Å²) in [5.74, 6) is -0.265. The lowest BCUT2D eigenvalue weighted by atomic mass is 9.85. The maximum atomic E-state index is 13.5. The number of imide groups is 1. The molecule has 0 aromatic heterocycles. The van der Waals surface area contributed by atoms with Crippen LogP contribution in [0.2, 0.25) is 0 Å². The van der Waals surface area contributed by atoms with Crippen LogP contribution in [0, 0.1) is 5.92 Å². The van der Waals surface area contributed by atoms with Crippen molar-refractivity contribution in [2.75, 3.05) is 44.3 Å². The van der Waals surface area contributed by atoms with Crippen LogP contribution in [0.1, 0.15) is 32.6 Å². The van der Waals surface area contributed by atoms with Gasteiger partial charge in [-0.3, -0.25) is 4.79 Å². The number of anilines is 1. The molecule has 32 heavy (non-hydrogen) atoms. The van der Waals surface area contributed by atoms with Crippen LogP contribution in [0.5, 0.6) is 5.75 Å². The van der Waals surface area contributed by atoms with E-state index in [1.54, 1.807) is 4.90 Å². The SMILES string of the molecule is CCN1C(=O)N(c2cccc(OC(F)(F)F)c2)C(=O)C12CCN(CC1CCOCC1)CC2. The second-order valence-electron chi connectivity index (χ2n) is 8.60. The van der Waals surface area contributed by atoms with Gasteiger partial charge < -0.3 is 19.3 Å². The van der Waals surface area contributed by atoms with Gasteiger partial charge in [0.15, 0.2) is 0 Å². The van der Waals surface area contributed by atoms with Crippen molar-refractivity contribution in [1.29, 1.82) is 0 Å². The van der Waals surface area contributed by atoms with Gasteiger partial charge in [0.25, 0.3) is 5.91 Å². The molecule has 10 heteroatoms. The second kappa shape index (κ2) is 8.90. The summed E-state index contributed by atoms with van der Waals surface area (Å²) < 4.78 is 47.3. The number of likely N-dealkylation sites (tertiary alicyclic amines) is 1. The van der Waals surface area contributed by atoms with E-state index in [-0.39, 0.29) is 11.6 Å². The quantitative estimate of drug-likeness (QED) is 0.635. The monoisotopic (exact) mass is 455 g/mol. The molecule has 0 unspecified atom stereocenters. The molecule has 0 aliphatic carbocycles. The highest BCUT2D eigenvalue weighted by atomic mass is 19.4. The van der Waals surface area contributed by atoms with Crippen LogP contribution in [0.15, 0.2) is 24.3 Å². The molecule has 3 fully saturated rings. The van der Waals surface area contributed by atoms with Gasteiger partial charge in [0, 0.05) is 45.5 Å². The molecule has 3 saturated heterocycles. The Morgan fingerprint density at radius 2 is 1.84 bits per heavy atom. The van der Waals surface area contributed by atoms with Gasteiger partial charge in [-0.15, -0.1) is 13.2 Å². The summed E-state index contributed by atoms with van der Waals surface area (Å²) >= 11 is 0. The van der Waals surface area contributed by atoms with Gasteiger partial charge in [-0.1, -0.05) is 6.07 Å². The van der Waals surface area contributed by atoms with Crippen molar-refractivity contribution in [3.8, 4) is 5.75 Å². The third-order valence-electron chi connectivity index (χ3n) is 6.71. The maximum Gasteiger partial charge on any atom is 0.573 e. The summed E-state index contributed by atoms with van der Waals surface area (Å²) in [6, 6.07) is 4.51. The van der Waals surface area contributed by atoms with Crippen molar-refractivity contribution in [2.24, 2.45) is 5.92 Å². The minimum absolute atomic E-state index is 0.0849. The third-order valence-corrected chi connectivity index (χ3v) is 6.71.